The number of ketones is 1. The summed E-state index contributed by atoms with van der Waals surface area (Å²) in [7, 11) is 0. The third-order valence-electron chi connectivity index (χ3n) is 3.58. The van der Waals surface area contributed by atoms with E-state index in [1.54, 1.807) is 4.90 Å². The van der Waals surface area contributed by atoms with Crippen molar-refractivity contribution in [3.63, 3.8) is 0 Å². The molecule has 1 fully saturated rings. The van der Waals surface area contributed by atoms with Crippen molar-refractivity contribution in [3.05, 3.63) is 34.6 Å². The molecule has 5 heteroatoms. The number of hydrogen-bond acceptors (Lipinski definition) is 2. The Kier molecular flexibility index (Phi) is 4.76. The topological polar surface area (TPSA) is 37.4 Å². The van der Waals surface area contributed by atoms with Crippen molar-refractivity contribution in [1.29, 1.82) is 0 Å². The van der Waals surface area contributed by atoms with Gasteiger partial charge < -0.3 is 4.90 Å². The van der Waals surface area contributed by atoms with Gasteiger partial charge in [0.25, 0.3) is 5.91 Å². The number of rotatable bonds is 3. The summed E-state index contributed by atoms with van der Waals surface area (Å²) in [4.78, 5) is 25.4. The van der Waals surface area contributed by atoms with Crippen LogP contribution in [0.2, 0.25) is 5.02 Å². The normalized spacial score (nSPS) is 18.9. The Labute approximate surface area is 122 Å². The number of amides is 1. The molecule has 1 saturated heterocycles. The SMILES string of the molecule is CC(=O)CC1CCCCN1C(=O)c1ccc(Cl)c(F)c1. The molecule has 0 N–H and O–H groups in total. The van der Waals surface area contributed by atoms with E-state index in [0.29, 0.717) is 13.0 Å². The lowest BCUT2D eigenvalue weighted by molar-refractivity contribution is -0.118. The fourth-order valence-corrected chi connectivity index (χ4v) is 2.72. The van der Waals surface area contributed by atoms with Crippen molar-refractivity contribution in [3.8, 4) is 0 Å². The van der Waals surface area contributed by atoms with Crippen molar-refractivity contribution in [2.75, 3.05) is 6.54 Å². The second kappa shape index (κ2) is 6.35. The summed E-state index contributed by atoms with van der Waals surface area (Å²) >= 11 is 5.62. The van der Waals surface area contributed by atoms with Crippen LogP contribution in [0.25, 0.3) is 0 Å². The van der Waals surface area contributed by atoms with E-state index in [-0.39, 0.29) is 28.3 Å². The van der Waals surface area contributed by atoms with E-state index in [4.69, 9.17) is 11.6 Å². The van der Waals surface area contributed by atoms with Gasteiger partial charge in [0.15, 0.2) is 0 Å². The third-order valence-corrected chi connectivity index (χ3v) is 3.88. The van der Waals surface area contributed by atoms with Crippen LogP contribution in [0.3, 0.4) is 0 Å². The van der Waals surface area contributed by atoms with E-state index < -0.39 is 5.82 Å². The van der Waals surface area contributed by atoms with E-state index in [9.17, 15) is 14.0 Å². The minimum Gasteiger partial charge on any atom is -0.335 e. The van der Waals surface area contributed by atoms with E-state index in [1.165, 1.54) is 19.1 Å². The van der Waals surface area contributed by atoms with Crippen LogP contribution in [-0.4, -0.2) is 29.2 Å². The molecule has 0 aliphatic carbocycles. The molecule has 3 nitrogen and oxygen atoms in total. The Bertz CT molecular complexity index is 533. The highest BCUT2D eigenvalue weighted by Gasteiger charge is 2.28. The summed E-state index contributed by atoms with van der Waals surface area (Å²) < 4.78 is 13.5. The quantitative estimate of drug-likeness (QED) is 0.857. The van der Waals surface area contributed by atoms with Gasteiger partial charge in [0, 0.05) is 24.6 Å². The predicted octanol–water partition coefficient (Wildman–Crippen LogP) is 3.45. The summed E-state index contributed by atoms with van der Waals surface area (Å²) in [5, 5.41) is 0.000445. The Morgan fingerprint density at radius 1 is 1.40 bits per heavy atom. The number of hydrogen-bond donors (Lipinski definition) is 0. The van der Waals surface area contributed by atoms with Crippen LogP contribution in [0.5, 0.6) is 0 Å². The molecule has 1 atom stereocenters. The van der Waals surface area contributed by atoms with Gasteiger partial charge in [-0.15, -0.1) is 0 Å². The first kappa shape index (κ1) is 15.0. The van der Waals surface area contributed by atoms with Crippen molar-refractivity contribution >= 4 is 23.3 Å². The number of Topliss-reactive ketones (excluding diaryl/α,β-unsaturated/α-hetero) is 1. The van der Waals surface area contributed by atoms with Gasteiger partial charge in [0.2, 0.25) is 0 Å². The van der Waals surface area contributed by atoms with E-state index in [0.717, 1.165) is 25.3 Å². The molecular weight excluding hydrogens is 281 g/mol. The van der Waals surface area contributed by atoms with Crippen LogP contribution in [0.15, 0.2) is 18.2 Å². The molecule has 1 aliphatic heterocycles. The molecule has 0 radical (unpaired) electrons. The van der Waals surface area contributed by atoms with Gasteiger partial charge in [-0.25, -0.2) is 4.39 Å². The second-order valence-corrected chi connectivity index (χ2v) is 5.59. The first-order chi connectivity index (χ1) is 9.49. The summed E-state index contributed by atoms with van der Waals surface area (Å²) in [5.74, 6) is -0.763. The van der Waals surface area contributed by atoms with Gasteiger partial charge >= 0.3 is 0 Å². The number of likely N-dealkylation sites (tertiary alicyclic amines) is 1. The molecule has 1 heterocycles. The van der Waals surface area contributed by atoms with Gasteiger partial charge in [-0.2, -0.15) is 0 Å². The molecule has 1 unspecified atom stereocenters. The van der Waals surface area contributed by atoms with Gasteiger partial charge in [-0.05, 0) is 44.4 Å². The number of carbonyl (C=O) groups excluding carboxylic acids is 2. The summed E-state index contributed by atoms with van der Waals surface area (Å²) in [6.07, 6.45) is 3.11. The molecule has 1 aliphatic rings. The Morgan fingerprint density at radius 2 is 2.15 bits per heavy atom. The molecule has 1 aromatic rings. The van der Waals surface area contributed by atoms with Gasteiger partial charge in [0.1, 0.15) is 11.6 Å². The van der Waals surface area contributed by atoms with Crippen LogP contribution >= 0.6 is 11.6 Å². The monoisotopic (exact) mass is 297 g/mol. The lowest BCUT2D eigenvalue weighted by Crippen LogP contribution is -2.44. The zero-order valence-corrected chi connectivity index (χ0v) is 12.1. The maximum absolute atomic E-state index is 13.5. The van der Waals surface area contributed by atoms with Crippen molar-refractivity contribution < 1.29 is 14.0 Å². The largest absolute Gasteiger partial charge is 0.335 e. The van der Waals surface area contributed by atoms with E-state index in [2.05, 4.69) is 0 Å². The summed E-state index contributed by atoms with van der Waals surface area (Å²) in [6, 6.07) is 3.98. The highest BCUT2D eigenvalue weighted by atomic mass is 35.5. The van der Waals surface area contributed by atoms with Gasteiger partial charge in [-0.3, -0.25) is 9.59 Å². The van der Waals surface area contributed by atoms with Crippen molar-refractivity contribution in [2.45, 2.75) is 38.6 Å². The van der Waals surface area contributed by atoms with Crippen molar-refractivity contribution in [1.82, 2.24) is 4.90 Å². The van der Waals surface area contributed by atoms with Gasteiger partial charge in [-0.1, -0.05) is 11.6 Å². The van der Waals surface area contributed by atoms with Crippen LogP contribution < -0.4 is 0 Å². The first-order valence-electron chi connectivity index (χ1n) is 6.74. The van der Waals surface area contributed by atoms with Crippen molar-refractivity contribution in [2.24, 2.45) is 0 Å². The summed E-state index contributed by atoms with van der Waals surface area (Å²) in [5.41, 5.74) is 0.280. The average molecular weight is 298 g/mol. The number of nitrogens with zero attached hydrogens (tertiary/aromatic N) is 1. The predicted molar refractivity (Wildman–Crippen MR) is 75.4 cm³/mol. The fourth-order valence-electron chi connectivity index (χ4n) is 2.61. The van der Waals surface area contributed by atoms with Crippen LogP contribution in [0.1, 0.15) is 43.0 Å². The lowest BCUT2D eigenvalue weighted by atomic mass is 9.97. The lowest BCUT2D eigenvalue weighted by Gasteiger charge is -2.35. The Morgan fingerprint density at radius 3 is 2.80 bits per heavy atom. The maximum atomic E-state index is 13.5. The number of benzene rings is 1. The number of halogens is 2. The second-order valence-electron chi connectivity index (χ2n) is 5.18. The van der Waals surface area contributed by atoms with Gasteiger partial charge in [0.05, 0.1) is 5.02 Å². The molecule has 108 valence electrons. The Hall–Kier alpha value is -1.42. The van der Waals surface area contributed by atoms with Crippen LogP contribution in [-0.2, 0) is 4.79 Å². The highest BCUT2D eigenvalue weighted by Crippen LogP contribution is 2.23. The zero-order chi connectivity index (χ0) is 14.7. The van der Waals surface area contributed by atoms with E-state index in [1.807, 2.05) is 0 Å². The smallest absolute Gasteiger partial charge is 0.254 e. The molecule has 1 aromatic carbocycles. The average Bonchev–Trinajstić information content (AvgIpc) is 2.41. The molecule has 20 heavy (non-hydrogen) atoms. The number of piperidine rings is 1. The van der Waals surface area contributed by atoms with Crippen LogP contribution in [0.4, 0.5) is 4.39 Å². The molecule has 0 saturated carbocycles. The minimum absolute atomic E-state index is 0.000445. The molecule has 0 bridgehead atoms. The third kappa shape index (κ3) is 3.37. The fraction of sp³-hybridized carbons (Fsp3) is 0.467. The maximum Gasteiger partial charge on any atom is 0.254 e. The standard InChI is InChI=1S/C15H17ClFNO2/c1-10(19)8-12-4-2-3-7-18(12)15(20)11-5-6-13(16)14(17)9-11/h5-6,9,12H,2-4,7-8H2,1H3. The summed E-state index contributed by atoms with van der Waals surface area (Å²) in [6.45, 7) is 2.14. The Balaban J connectivity index is 2.20. The zero-order valence-electron chi connectivity index (χ0n) is 11.4. The first-order valence-corrected chi connectivity index (χ1v) is 7.12. The number of carbonyl (C=O) groups is 2. The minimum atomic E-state index is -0.599. The highest BCUT2D eigenvalue weighted by molar-refractivity contribution is 6.30. The molecule has 1 amide bonds. The molecular formula is C15H17ClFNO2. The molecule has 2 rings (SSSR count). The molecule has 0 aromatic heterocycles. The molecule has 0 spiro atoms. The van der Waals surface area contributed by atoms with E-state index >= 15 is 0 Å². The van der Waals surface area contributed by atoms with Crippen LogP contribution in [0, 0.1) is 5.82 Å².